The van der Waals surface area contributed by atoms with Crippen LogP contribution >= 0.6 is 14.3 Å². The molecule has 1 saturated carbocycles. The number of aromatic nitrogens is 2. The summed E-state index contributed by atoms with van der Waals surface area (Å²) < 4.78 is 28.3. The number of aromatic amines is 1. The van der Waals surface area contributed by atoms with Crippen molar-refractivity contribution in [1.29, 1.82) is 0 Å². The molecule has 2 unspecified atom stereocenters. The summed E-state index contributed by atoms with van der Waals surface area (Å²) in [7, 11) is -1.66. The second-order valence-corrected chi connectivity index (χ2v) is 10.9. The zero-order valence-electron chi connectivity index (χ0n) is 14.6. The molecule has 0 amide bonds. The lowest BCUT2D eigenvalue weighted by molar-refractivity contribution is -0.0184. The van der Waals surface area contributed by atoms with Crippen molar-refractivity contribution in [2.24, 2.45) is 5.92 Å². The van der Waals surface area contributed by atoms with Gasteiger partial charge < -0.3 is 28.5 Å². The fraction of sp³-hybridized carbons (Fsp3) is 0.692. The van der Waals surface area contributed by atoms with Crippen molar-refractivity contribution in [3.63, 3.8) is 0 Å². The molecular formula is C13H22N2O9P2S. The van der Waals surface area contributed by atoms with Crippen LogP contribution in [0, 0.1) is 5.92 Å². The third-order valence-corrected chi connectivity index (χ3v) is 6.99. The molecule has 4 N–H and O–H groups in total. The Morgan fingerprint density at radius 3 is 2.48 bits per heavy atom. The van der Waals surface area contributed by atoms with Crippen LogP contribution in [0.15, 0.2) is 21.9 Å². The van der Waals surface area contributed by atoms with Gasteiger partial charge in [-0.05, 0) is 30.6 Å². The molecule has 5 atom stereocenters. The summed E-state index contributed by atoms with van der Waals surface area (Å²) in [4.78, 5) is 54.1. The molecule has 154 valence electrons. The minimum Gasteiger partial charge on any atom is -0.378 e. The minimum atomic E-state index is -4.23. The molecule has 0 bridgehead atoms. The summed E-state index contributed by atoms with van der Waals surface area (Å²) in [5, 5.41) is 0. The first-order chi connectivity index (χ1) is 12.5. The highest BCUT2D eigenvalue weighted by atomic mass is 32.5. The summed E-state index contributed by atoms with van der Waals surface area (Å²) in [6, 6.07) is 0.472. The molecule has 1 aliphatic rings. The van der Waals surface area contributed by atoms with Crippen LogP contribution in [-0.2, 0) is 30.2 Å². The number of hydrogen-bond acceptors (Lipinski definition) is 7. The molecule has 0 radical (unpaired) electrons. The van der Waals surface area contributed by atoms with Crippen LogP contribution in [0.25, 0.3) is 0 Å². The average Bonchev–Trinajstić information content (AvgIpc) is 2.89. The maximum absolute atomic E-state index is 12.2. The highest BCUT2D eigenvalue weighted by Crippen LogP contribution is 2.51. The molecule has 0 aliphatic heterocycles. The largest absolute Gasteiger partial charge is 0.378 e. The minimum absolute atomic E-state index is 0.110. The van der Waals surface area contributed by atoms with Gasteiger partial charge >= 0.3 is 20.0 Å². The Balaban J connectivity index is 2.40. The Kier molecular flexibility index (Phi) is 7.34. The van der Waals surface area contributed by atoms with E-state index in [0.29, 0.717) is 0 Å². The third kappa shape index (κ3) is 5.90. The summed E-state index contributed by atoms with van der Waals surface area (Å²) in [6.45, 7) is -3.62. The van der Waals surface area contributed by atoms with Crippen molar-refractivity contribution in [2.45, 2.75) is 31.1 Å². The van der Waals surface area contributed by atoms with E-state index < -0.39 is 43.8 Å². The smallest absolute Gasteiger partial charge is 0.328 e. The number of rotatable bonds is 8. The van der Waals surface area contributed by atoms with Gasteiger partial charge in [-0.1, -0.05) is 0 Å². The van der Waals surface area contributed by atoms with Crippen molar-refractivity contribution in [3.05, 3.63) is 33.1 Å². The van der Waals surface area contributed by atoms with Crippen molar-refractivity contribution >= 4 is 26.1 Å². The molecule has 1 aromatic heterocycles. The SMILES string of the molecule is CO[C@@H]1[C@@H](CCP(=O)(O)O)CC(n2ccc(=O)[nH]c2=O)[C@@H]1OP(O)(=S)OC. The van der Waals surface area contributed by atoms with Gasteiger partial charge in [-0.3, -0.25) is 18.9 Å². The molecule has 1 aromatic rings. The van der Waals surface area contributed by atoms with Crippen LogP contribution in [0.3, 0.4) is 0 Å². The molecule has 0 aromatic carbocycles. The molecule has 1 heterocycles. The Bertz CT molecular complexity index is 866. The Morgan fingerprint density at radius 2 is 1.96 bits per heavy atom. The summed E-state index contributed by atoms with van der Waals surface area (Å²) in [5.41, 5.74) is -1.26. The number of H-pyrrole nitrogens is 1. The van der Waals surface area contributed by atoms with E-state index in [1.165, 1.54) is 25.0 Å². The van der Waals surface area contributed by atoms with Crippen molar-refractivity contribution < 1.29 is 33.0 Å². The van der Waals surface area contributed by atoms with Crippen LogP contribution in [-0.4, -0.2) is 56.8 Å². The van der Waals surface area contributed by atoms with Crippen LogP contribution < -0.4 is 11.2 Å². The molecule has 14 heteroatoms. The van der Waals surface area contributed by atoms with Gasteiger partial charge in [0.25, 0.3) is 5.56 Å². The first-order valence-corrected chi connectivity index (χ1v) is 12.3. The van der Waals surface area contributed by atoms with Crippen LogP contribution in [0.4, 0.5) is 0 Å². The highest BCUT2D eigenvalue weighted by molar-refractivity contribution is 8.07. The molecule has 1 aliphatic carbocycles. The van der Waals surface area contributed by atoms with Crippen molar-refractivity contribution in [1.82, 2.24) is 9.55 Å². The second-order valence-electron chi connectivity index (χ2n) is 6.18. The summed E-state index contributed by atoms with van der Waals surface area (Å²) in [6.07, 6.45) is -0.337. The normalized spacial score (nSPS) is 28.2. The predicted molar refractivity (Wildman–Crippen MR) is 99.2 cm³/mol. The lowest BCUT2D eigenvalue weighted by Crippen LogP contribution is -2.38. The van der Waals surface area contributed by atoms with E-state index in [1.807, 2.05) is 0 Å². The Morgan fingerprint density at radius 1 is 1.30 bits per heavy atom. The molecular weight excluding hydrogens is 422 g/mol. The predicted octanol–water partition coefficient (Wildman–Crippen LogP) is -0.0712. The van der Waals surface area contributed by atoms with Gasteiger partial charge in [0, 0.05) is 26.5 Å². The van der Waals surface area contributed by atoms with E-state index in [0.717, 1.165) is 6.07 Å². The zero-order chi connectivity index (χ0) is 20.4. The van der Waals surface area contributed by atoms with Crippen LogP contribution in [0.5, 0.6) is 0 Å². The zero-order valence-corrected chi connectivity index (χ0v) is 17.2. The van der Waals surface area contributed by atoms with Crippen LogP contribution in [0.1, 0.15) is 18.9 Å². The molecule has 27 heavy (non-hydrogen) atoms. The summed E-state index contributed by atoms with van der Waals surface area (Å²) in [5.74, 6) is -0.386. The number of ether oxygens (including phenoxy) is 1. The molecule has 1 fully saturated rings. The number of nitrogens with zero attached hydrogens (tertiary/aromatic N) is 1. The van der Waals surface area contributed by atoms with Gasteiger partial charge in [-0.25, -0.2) is 4.79 Å². The fourth-order valence-corrected chi connectivity index (χ4v) is 4.92. The third-order valence-electron chi connectivity index (χ3n) is 4.47. The maximum Gasteiger partial charge on any atom is 0.328 e. The van der Waals surface area contributed by atoms with Gasteiger partial charge in [-0.2, -0.15) is 0 Å². The Hall–Kier alpha value is -0.680. The number of nitrogens with one attached hydrogen (secondary N) is 1. The standard InChI is InChI=1S/C13H22N2O9P2S/c1-22-11-8(4-6-25(18,19)20)7-9(12(11)24-26(21,27)23-2)15-5-3-10(16)14-13(15)17/h3,5,8-9,11-12H,4,6-7H2,1-2H3,(H,21,27)(H,14,16,17)(H2,18,19,20)/t8-,9?,11+,12-,26?/m0/s1. The van der Waals surface area contributed by atoms with Gasteiger partial charge in [-0.15, -0.1) is 0 Å². The van der Waals surface area contributed by atoms with E-state index in [1.54, 1.807) is 0 Å². The highest BCUT2D eigenvalue weighted by Gasteiger charge is 2.48. The van der Waals surface area contributed by atoms with Gasteiger partial charge in [0.1, 0.15) is 6.10 Å². The van der Waals surface area contributed by atoms with E-state index >= 15 is 0 Å². The maximum atomic E-state index is 12.2. The molecule has 0 saturated heterocycles. The lowest BCUT2D eigenvalue weighted by Gasteiger charge is -2.29. The molecule has 2 rings (SSSR count). The van der Waals surface area contributed by atoms with E-state index in [4.69, 9.17) is 35.4 Å². The molecule has 0 spiro atoms. The number of methoxy groups -OCH3 is 1. The first-order valence-electron chi connectivity index (χ1n) is 7.93. The van der Waals surface area contributed by atoms with E-state index in [9.17, 15) is 19.0 Å². The average molecular weight is 444 g/mol. The first kappa shape index (κ1) is 22.6. The van der Waals surface area contributed by atoms with Gasteiger partial charge in [0.15, 0.2) is 0 Å². The van der Waals surface area contributed by atoms with Gasteiger partial charge in [0.2, 0.25) is 0 Å². The molecule has 11 nitrogen and oxygen atoms in total. The lowest BCUT2D eigenvalue weighted by atomic mass is 10.0. The van der Waals surface area contributed by atoms with Crippen molar-refractivity contribution in [2.75, 3.05) is 20.4 Å². The topological polar surface area (TPSA) is 160 Å². The van der Waals surface area contributed by atoms with E-state index in [2.05, 4.69) is 4.98 Å². The van der Waals surface area contributed by atoms with Gasteiger partial charge in [0.05, 0.1) is 18.3 Å². The van der Waals surface area contributed by atoms with Crippen LogP contribution in [0.2, 0.25) is 0 Å². The number of hydrogen-bond donors (Lipinski definition) is 4. The quantitative estimate of drug-likeness (QED) is 0.400. The summed E-state index contributed by atoms with van der Waals surface area (Å²) >= 11 is 4.90. The fourth-order valence-electron chi connectivity index (χ4n) is 3.30. The van der Waals surface area contributed by atoms with E-state index in [-0.39, 0.29) is 24.9 Å². The second kappa shape index (κ2) is 8.77. The Labute approximate surface area is 159 Å². The van der Waals surface area contributed by atoms with Crippen molar-refractivity contribution in [3.8, 4) is 0 Å². The monoisotopic (exact) mass is 444 g/mol.